The quantitative estimate of drug-likeness (QED) is 0.818. The van der Waals surface area contributed by atoms with Gasteiger partial charge in [0, 0.05) is 24.4 Å². The first kappa shape index (κ1) is 23.0. The first-order valence-corrected chi connectivity index (χ1v) is 8.85. The number of nitrogens with zero attached hydrogens (tertiary/aromatic N) is 2. The Balaban J connectivity index is 0.00000169. The van der Waals surface area contributed by atoms with Crippen LogP contribution in [-0.4, -0.2) is 29.5 Å². The van der Waals surface area contributed by atoms with Crippen molar-refractivity contribution in [2.45, 2.75) is 45.1 Å². The number of hydrogen-bond acceptors (Lipinski definition) is 4. The Bertz CT molecular complexity index is 669. The summed E-state index contributed by atoms with van der Waals surface area (Å²) in [6.45, 7) is 11.3. The minimum absolute atomic E-state index is 0. The molecule has 26 heavy (non-hydrogen) atoms. The molecule has 0 radical (unpaired) electrons. The molecular formula is C20H31Cl2N3O. The smallest absolute Gasteiger partial charge is 0.211 e. The van der Waals surface area contributed by atoms with Gasteiger partial charge in [-0.3, -0.25) is 4.90 Å². The summed E-state index contributed by atoms with van der Waals surface area (Å²) in [7, 11) is 0. The minimum atomic E-state index is -0.0116. The lowest BCUT2D eigenvalue weighted by atomic mass is 9.89. The maximum atomic E-state index is 6.06. The third-order valence-corrected chi connectivity index (χ3v) is 5.17. The van der Waals surface area contributed by atoms with E-state index < -0.39 is 0 Å². The number of oxazole rings is 1. The fourth-order valence-corrected chi connectivity index (χ4v) is 3.52. The summed E-state index contributed by atoms with van der Waals surface area (Å²) in [6.07, 6.45) is 1.87. The highest BCUT2D eigenvalue weighted by Gasteiger charge is 2.36. The molecule has 0 amide bonds. The van der Waals surface area contributed by atoms with Crippen molar-refractivity contribution in [3.8, 4) is 0 Å². The van der Waals surface area contributed by atoms with Crippen LogP contribution in [0.4, 0.5) is 0 Å². The molecule has 0 saturated carbocycles. The Labute approximate surface area is 169 Å². The molecule has 6 heteroatoms. The van der Waals surface area contributed by atoms with Crippen LogP contribution in [0.15, 0.2) is 40.9 Å². The van der Waals surface area contributed by atoms with Gasteiger partial charge in [-0.25, -0.2) is 4.98 Å². The molecule has 3 rings (SSSR count). The zero-order valence-electron chi connectivity index (χ0n) is 16.0. The molecule has 0 bridgehead atoms. The number of hydrogen-bond donors (Lipinski definition) is 1. The van der Waals surface area contributed by atoms with E-state index in [0.29, 0.717) is 18.4 Å². The van der Waals surface area contributed by atoms with E-state index in [2.05, 4.69) is 67.9 Å². The predicted octanol–water partition coefficient (Wildman–Crippen LogP) is 4.55. The Kier molecular flexibility index (Phi) is 8.15. The predicted molar refractivity (Wildman–Crippen MR) is 111 cm³/mol. The summed E-state index contributed by atoms with van der Waals surface area (Å²) in [5.41, 5.74) is 7.43. The zero-order chi connectivity index (χ0) is 17.3. The molecule has 1 saturated heterocycles. The molecule has 3 atom stereocenters. The van der Waals surface area contributed by atoms with Crippen LogP contribution in [0.5, 0.6) is 0 Å². The number of aromatic nitrogens is 1. The van der Waals surface area contributed by atoms with Crippen molar-refractivity contribution in [3.05, 3.63) is 53.7 Å². The van der Waals surface area contributed by atoms with E-state index in [9.17, 15) is 0 Å². The molecule has 1 aliphatic heterocycles. The number of halogens is 2. The minimum Gasteiger partial charge on any atom is -0.443 e. The third kappa shape index (κ3) is 4.80. The second-order valence-corrected chi connectivity index (χ2v) is 7.96. The van der Waals surface area contributed by atoms with Crippen molar-refractivity contribution < 1.29 is 4.42 Å². The number of benzene rings is 1. The van der Waals surface area contributed by atoms with Gasteiger partial charge in [-0.1, -0.05) is 51.1 Å². The second-order valence-electron chi connectivity index (χ2n) is 7.96. The van der Waals surface area contributed by atoms with Gasteiger partial charge < -0.3 is 10.2 Å². The number of likely N-dealkylation sites (tertiary alicyclic amines) is 1. The zero-order valence-corrected chi connectivity index (χ0v) is 17.6. The number of rotatable bonds is 4. The Morgan fingerprint density at radius 1 is 1.19 bits per heavy atom. The van der Waals surface area contributed by atoms with E-state index in [-0.39, 0.29) is 36.3 Å². The summed E-state index contributed by atoms with van der Waals surface area (Å²) in [6, 6.07) is 10.9. The Morgan fingerprint density at radius 2 is 1.85 bits per heavy atom. The highest BCUT2D eigenvalue weighted by molar-refractivity contribution is 5.85. The highest BCUT2D eigenvalue weighted by atomic mass is 35.5. The van der Waals surface area contributed by atoms with E-state index in [1.165, 1.54) is 5.56 Å². The standard InChI is InChI=1S/C20H29N3O.2ClH/c1-14(19-22-11-18(24-19)20(2,3)4)23-12-16(10-21)17(13-23)15-8-6-5-7-9-15;;/h5-9,11,14,16-17H,10,12-13,21H2,1-4H3;2*1H/t14?,16-,17+;;/m1../s1. The van der Waals surface area contributed by atoms with Gasteiger partial charge in [0.15, 0.2) is 0 Å². The summed E-state index contributed by atoms with van der Waals surface area (Å²) < 4.78 is 6.05. The van der Waals surface area contributed by atoms with Crippen molar-refractivity contribution in [2.24, 2.45) is 11.7 Å². The van der Waals surface area contributed by atoms with Crippen molar-refractivity contribution in [1.29, 1.82) is 0 Å². The average molecular weight is 400 g/mol. The largest absolute Gasteiger partial charge is 0.443 e. The maximum absolute atomic E-state index is 6.06. The molecule has 2 aromatic rings. The number of nitrogens with two attached hydrogens (primary N) is 1. The van der Waals surface area contributed by atoms with Gasteiger partial charge in [0.05, 0.1) is 12.2 Å². The molecule has 4 nitrogen and oxygen atoms in total. The van der Waals surface area contributed by atoms with E-state index in [1.54, 1.807) is 0 Å². The van der Waals surface area contributed by atoms with Gasteiger partial charge in [-0.15, -0.1) is 24.8 Å². The van der Waals surface area contributed by atoms with E-state index in [4.69, 9.17) is 10.2 Å². The van der Waals surface area contributed by atoms with Crippen LogP contribution in [-0.2, 0) is 5.41 Å². The van der Waals surface area contributed by atoms with Crippen LogP contribution in [0.3, 0.4) is 0 Å². The van der Waals surface area contributed by atoms with Crippen LogP contribution in [0.25, 0.3) is 0 Å². The third-order valence-electron chi connectivity index (χ3n) is 5.17. The van der Waals surface area contributed by atoms with Crippen LogP contribution in [0.2, 0.25) is 0 Å². The topological polar surface area (TPSA) is 55.3 Å². The fourth-order valence-electron chi connectivity index (χ4n) is 3.52. The molecule has 0 spiro atoms. The lowest BCUT2D eigenvalue weighted by Crippen LogP contribution is -2.26. The van der Waals surface area contributed by atoms with Crippen molar-refractivity contribution >= 4 is 24.8 Å². The van der Waals surface area contributed by atoms with Crippen LogP contribution < -0.4 is 5.73 Å². The lowest BCUT2D eigenvalue weighted by molar-refractivity contribution is 0.209. The highest BCUT2D eigenvalue weighted by Crippen LogP contribution is 2.37. The lowest BCUT2D eigenvalue weighted by Gasteiger charge is -2.22. The summed E-state index contributed by atoms with van der Waals surface area (Å²) in [5, 5.41) is 0. The average Bonchev–Trinajstić information content (AvgIpc) is 3.22. The summed E-state index contributed by atoms with van der Waals surface area (Å²) in [5.74, 6) is 2.71. The summed E-state index contributed by atoms with van der Waals surface area (Å²) in [4.78, 5) is 6.99. The maximum Gasteiger partial charge on any atom is 0.211 e. The molecule has 1 unspecified atom stereocenters. The van der Waals surface area contributed by atoms with Gasteiger partial charge in [0.1, 0.15) is 5.76 Å². The van der Waals surface area contributed by atoms with Gasteiger partial charge >= 0.3 is 0 Å². The van der Waals surface area contributed by atoms with Crippen molar-refractivity contribution in [2.75, 3.05) is 19.6 Å². The van der Waals surface area contributed by atoms with Gasteiger partial charge in [-0.05, 0) is 24.9 Å². The first-order valence-electron chi connectivity index (χ1n) is 8.85. The Hall–Kier alpha value is -1.07. The normalized spacial score (nSPS) is 21.7. The van der Waals surface area contributed by atoms with E-state index >= 15 is 0 Å². The van der Waals surface area contributed by atoms with Gasteiger partial charge in [0.2, 0.25) is 5.89 Å². The summed E-state index contributed by atoms with van der Waals surface area (Å²) >= 11 is 0. The van der Waals surface area contributed by atoms with E-state index in [1.807, 2.05) is 6.20 Å². The monoisotopic (exact) mass is 399 g/mol. The first-order chi connectivity index (χ1) is 11.4. The molecule has 1 fully saturated rings. The SMILES string of the molecule is CC(c1ncc(C(C)(C)C)o1)N1C[C@@H](CN)[C@H](c2ccccc2)C1.Cl.Cl. The molecule has 1 aromatic carbocycles. The van der Waals surface area contributed by atoms with Crippen LogP contribution in [0, 0.1) is 5.92 Å². The van der Waals surface area contributed by atoms with Crippen LogP contribution >= 0.6 is 24.8 Å². The molecule has 2 heterocycles. The van der Waals surface area contributed by atoms with Crippen molar-refractivity contribution in [1.82, 2.24) is 9.88 Å². The molecule has 0 aliphatic carbocycles. The van der Waals surface area contributed by atoms with E-state index in [0.717, 1.165) is 24.7 Å². The van der Waals surface area contributed by atoms with Crippen molar-refractivity contribution in [3.63, 3.8) is 0 Å². The molecule has 1 aromatic heterocycles. The molecular weight excluding hydrogens is 369 g/mol. The molecule has 146 valence electrons. The molecule has 2 N–H and O–H groups in total. The van der Waals surface area contributed by atoms with Gasteiger partial charge in [0.25, 0.3) is 0 Å². The Morgan fingerprint density at radius 3 is 2.38 bits per heavy atom. The van der Waals surface area contributed by atoms with Crippen LogP contribution in [0.1, 0.15) is 56.9 Å². The fraction of sp³-hybridized carbons (Fsp3) is 0.550. The second kappa shape index (κ2) is 9.23. The van der Waals surface area contributed by atoms with Gasteiger partial charge in [-0.2, -0.15) is 0 Å². The molecule has 1 aliphatic rings.